The number of hydrogen-bond donors (Lipinski definition) is 1. The zero-order valence-electron chi connectivity index (χ0n) is 10.00. The van der Waals surface area contributed by atoms with E-state index in [0.29, 0.717) is 0 Å². The Morgan fingerprint density at radius 2 is 1.83 bits per heavy atom. The summed E-state index contributed by atoms with van der Waals surface area (Å²) in [6.45, 7) is 1.61. The van der Waals surface area contributed by atoms with Gasteiger partial charge in [0.15, 0.2) is 5.78 Å². The fourth-order valence-corrected chi connectivity index (χ4v) is 1.52. The van der Waals surface area contributed by atoms with Gasteiger partial charge < -0.3 is 5.11 Å². The highest BCUT2D eigenvalue weighted by molar-refractivity contribution is 6.38. The van der Waals surface area contributed by atoms with Gasteiger partial charge in [0, 0.05) is 0 Å². The maximum atomic E-state index is 11.7. The second-order valence-electron chi connectivity index (χ2n) is 3.78. The van der Waals surface area contributed by atoms with Gasteiger partial charge in [-0.25, -0.2) is 4.79 Å². The van der Waals surface area contributed by atoms with Crippen LogP contribution in [0.5, 0.6) is 0 Å². The van der Waals surface area contributed by atoms with Crippen LogP contribution in [0.15, 0.2) is 36.4 Å². The van der Waals surface area contributed by atoms with Crippen LogP contribution in [0.2, 0.25) is 0 Å². The number of hydrogen-bond acceptors (Lipinski definition) is 3. The summed E-state index contributed by atoms with van der Waals surface area (Å²) in [4.78, 5) is 33.5. The van der Waals surface area contributed by atoms with Crippen LogP contribution in [-0.4, -0.2) is 22.6 Å². The molecule has 4 nitrogen and oxygen atoms in total. The maximum Gasteiger partial charge on any atom is 0.372 e. The first kappa shape index (κ1) is 13.8. The number of aliphatic carboxylic acids is 1. The molecule has 18 heavy (non-hydrogen) atoms. The molecule has 0 spiro atoms. The first-order valence-corrected chi connectivity index (χ1v) is 5.60. The molecule has 0 aliphatic heterocycles. The number of carboxylic acid groups (broad SMARTS) is 1. The Hall–Kier alpha value is -2.23. The highest BCUT2D eigenvalue weighted by Gasteiger charge is 2.27. The fourth-order valence-electron chi connectivity index (χ4n) is 1.52. The number of Topliss-reactive ketones (excluding diaryl/α,β-unsaturated/α-hetero) is 1. The molecule has 0 aliphatic rings. The summed E-state index contributed by atoms with van der Waals surface area (Å²) in [7, 11) is 0. The summed E-state index contributed by atoms with van der Waals surface area (Å²) in [5.41, 5.74) is 0.823. The van der Waals surface area contributed by atoms with Gasteiger partial charge in [0.25, 0.3) is 5.78 Å². The van der Waals surface area contributed by atoms with Gasteiger partial charge in [-0.2, -0.15) is 0 Å². The predicted octanol–water partition coefficient (Wildman–Crippen LogP) is 1.95. The maximum absolute atomic E-state index is 11.7. The van der Waals surface area contributed by atoms with Gasteiger partial charge in [-0.1, -0.05) is 43.3 Å². The minimum absolute atomic E-state index is 0.184. The van der Waals surface area contributed by atoms with Crippen molar-refractivity contribution < 1.29 is 19.5 Å². The van der Waals surface area contributed by atoms with Crippen LogP contribution < -0.4 is 0 Å². The van der Waals surface area contributed by atoms with E-state index in [9.17, 15) is 14.4 Å². The van der Waals surface area contributed by atoms with Crippen molar-refractivity contribution in [3.05, 3.63) is 42.0 Å². The number of allylic oxidation sites excluding steroid dienone is 1. The topological polar surface area (TPSA) is 71.4 Å². The zero-order valence-corrected chi connectivity index (χ0v) is 10.00. The number of carbonyl (C=O) groups is 3. The summed E-state index contributed by atoms with van der Waals surface area (Å²) in [6, 6.07) is 9.11. The van der Waals surface area contributed by atoms with Crippen molar-refractivity contribution in [1.82, 2.24) is 0 Å². The van der Waals surface area contributed by atoms with Crippen molar-refractivity contribution >= 4 is 23.6 Å². The van der Waals surface area contributed by atoms with Gasteiger partial charge in [0.1, 0.15) is 0 Å². The second-order valence-corrected chi connectivity index (χ2v) is 3.78. The number of benzene rings is 1. The van der Waals surface area contributed by atoms with Crippen LogP contribution in [0.3, 0.4) is 0 Å². The van der Waals surface area contributed by atoms with E-state index in [-0.39, 0.29) is 6.42 Å². The smallest absolute Gasteiger partial charge is 0.372 e. The Kier molecular flexibility index (Phi) is 4.99. The van der Waals surface area contributed by atoms with Crippen molar-refractivity contribution in [1.29, 1.82) is 0 Å². The van der Waals surface area contributed by atoms with E-state index in [1.807, 2.05) is 30.3 Å². The number of rotatable bonds is 6. The molecule has 4 heteroatoms. The fraction of sp³-hybridized carbons (Fsp3) is 0.214. The molecule has 0 radical (unpaired) electrons. The second kappa shape index (κ2) is 6.49. The lowest BCUT2D eigenvalue weighted by Gasteiger charge is -2.06. The van der Waals surface area contributed by atoms with Crippen molar-refractivity contribution in [2.75, 3.05) is 0 Å². The first-order chi connectivity index (χ1) is 8.56. The van der Waals surface area contributed by atoms with Gasteiger partial charge in [0.05, 0.1) is 5.92 Å². The molecule has 1 rings (SSSR count). The van der Waals surface area contributed by atoms with E-state index in [0.717, 1.165) is 5.56 Å². The average molecular weight is 246 g/mol. The number of carbonyl (C=O) groups excluding carboxylic acids is 2. The normalized spacial score (nSPS) is 12.3. The lowest BCUT2D eigenvalue weighted by molar-refractivity contribution is -0.152. The molecule has 0 aliphatic carbocycles. The van der Waals surface area contributed by atoms with E-state index in [2.05, 4.69) is 0 Å². The molecule has 0 amide bonds. The lowest BCUT2D eigenvalue weighted by atomic mass is 9.95. The Morgan fingerprint density at radius 1 is 1.22 bits per heavy atom. The monoisotopic (exact) mass is 246 g/mol. The molecule has 0 fully saturated rings. The Bertz CT molecular complexity index is 474. The highest BCUT2D eigenvalue weighted by Crippen LogP contribution is 2.09. The van der Waals surface area contributed by atoms with E-state index >= 15 is 0 Å². The third-order valence-corrected chi connectivity index (χ3v) is 2.52. The van der Waals surface area contributed by atoms with Crippen molar-refractivity contribution in [3.8, 4) is 0 Å². The molecular formula is C14H14O4. The summed E-state index contributed by atoms with van der Waals surface area (Å²) in [5, 5.41) is 8.59. The van der Waals surface area contributed by atoms with Gasteiger partial charge in [-0.3, -0.25) is 9.59 Å². The van der Waals surface area contributed by atoms with E-state index < -0.39 is 23.5 Å². The average Bonchev–Trinajstić information content (AvgIpc) is 2.38. The molecule has 0 saturated heterocycles. The number of ketones is 2. The van der Waals surface area contributed by atoms with Crippen LogP contribution in [0.25, 0.3) is 6.08 Å². The Morgan fingerprint density at radius 3 is 2.33 bits per heavy atom. The van der Waals surface area contributed by atoms with Gasteiger partial charge in [0.2, 0.25) is 0 Å². The first-order valence-electron chi connectivity index (χ1n) is 5.60. The van der Waals surface area contributed by atoms with Crippen molar-refractivity contribution in [3.63, 3.8) is 0 Å². The molecule has 1 unspecified atom stereocenters. The molecule has 0 saturated carbocycles. The van der Waals surface area contributed by atoms with Crippen LogP contribution in [-0.2, 0) is 14.4 Å². The summed E-state index contributed by atoms with van der Waals surface area (Å²) < 4.78 is 0. The lowest BCUT2D eigenvalue weighted by Crippen LogP contribution is -2.28. The third-order valence-electron chi connectivity index (χ3n) is 2.52. The molecule has 1 aromatic rings. The van der Waals surface area contributed by atoms with Gasteiger partial charge >= 0.3 is 5.97 Å². The van der Waals surface area contributed by atoms with Crippen LogP contribution in [0, 0.1) is 5.92 Å². The molecule has 1 atom stereocenters. The minimum atomic E-state index is -1.57. The molecular weight excluding hydrogens is 232 g/mol. The molecule has 94 valence electrons. The van der Waals surface area contributed by atoms with Crippen molar-refractivity contribution in [2.24, 2.45) is 5.92 Å². The minimum Gasteiger partial charge on any atom is -0.475 e. The van der Waals surface area contributed by atoms with E-state index in [1.54, 1.807) is 13.0 Å². The van der Waals surface area contributed by atoms with Crippen LogP contribution in [0.4, 0.5) is 0 Å². The molecule has 0 aromatic heterocycles. The quantitative estimate of drug-likeness (QED) is 0.473. The molecule has 0 heterocycles. The van der Waals surface area contributed by atoms with Crippen LogP contribution >= 0.6 is 0 Å². The number of carboxylic acids is 1. The van der Waals surface area contributed by atoms with E-state index in [1.165, 1.54) is 6.08 Å². The largest absolute Gasteiger partial charge is 0.475 e. The van der Waals surface area contributed by atoms with Gasteiger partial charge in [-0.05, 0) is 18.1 Å². The summed E-state index contributed by atoms with van der Waals surface area (Å²) >= 11 is 0. The van der Waals surface area contributed by atoms with Gasteiger partial charge in [-0.15, -0.1) is 0 Å². The Labute approximate surface area is 105 Å². The molecule has 0 bridgehead atoms. The Balaban J connectivity index is 2.78. The molecule has 1 N–H and O–H groups in total. The third kappa shape index (κ3) is 3.66. The molecule has 1 aromatic carbocycles. The SMILES string of the molecule is CCC(C(=O)C=Cc1ccccc1)C(=O)C(=O)O. The summed E-state index contributed by atoms with van der Waals surface area (Å²) in [5.74, 6) is -4.19. The standard InChI is InChI=1S/C14H14O4/c1-2-11(13(16)14(17)18)12(15)9-8-10-6-4-3-5-7-10/h3-9,11H,2H2,1H3,(H,17,18). The predicted molar refractivity (Wildman–Crippen MR) is 66.9 cm³/mol. The van der Waals surface area contributed by atoms with E-state index in [4.69, 9.17) is 5.11 Å². The van der Waals surface area contributed by atoms with Crippen molar-refractivity contribution in [2.45, 2.75) is 13.3 Å². The van der Waals surface area contributed by atoms with Crippen LogP contribution in [0.1, 0.15) is 18.9 Å². The highest BCUT2D eigenvalue weighted by atomic mass is 16.4. The zero-order chi connectivity index (χ0) is 13.5. The summed E-state index contributed by atoms with van der Waals surface area (Å²) in [6.07, 6.45) is 3.01.